The van der Waals surface area contributed by atoms with E-state index in [-0.39, 0.29) is 0 Å². The molecule has 3 N–H and O–H groups in total. The van der Waals surface area contributed by atoms with Crippen LogP contribution >= 0.6 is 0 Å². The van der Waals surface area contributed by atoms with Gasteiger partial charge >= 0.3 is 0 Å². The van der Waals surface area contributed by atoms with Crippen LogP contribution < -0.4 is 15.8 Å². The van der Waals surface area contributed by atoms with E-state index < -0.39 is 0 Å². The van der Waals surface area contributed by atoms with Crippen molar-refractivity contribution in [3.8, 4) is 17.7 Å². The van der Waals surface area contributed by atoms with Crippen molar-refractivity contribution in [1.29, 1.82) is 0 Å². The average Bonchev–Trinajstić information content (AvgIpc) is 2.57. The van der Waals surface area contributed by atoms with Crippen molar-refractivity contribution in [2.75, 3.05) is 19.5 Å². The molecule has 0 atom stereocenters. The maximum atomic E-state index is 4.91. The molecule has 0 unspecified atom stereocenters. The largest absolute Gasteiger partial charge is 0.497 e. The SMILES string of the molecule is CC#CN.CNc1ccc(C)cc1.COc1ccccc1. The lowest BCUT2D eigenvalue weighted by Crippen LogP contribution is -1.85. The lowest BCUT2D eigenvalue weighted by atomic mass is 10.2. The van der Waals surface area contributed by atoms with E-state index >= 15 is 0 Å². The number of para-hydroxylation sites is 1. The summed E-state index contributed by atoms with van der Waals surface area (Å²) in [5.74, 6) is 3.37. The van der Waals surface area contributed by atoms with Gasteiger partial charge in [0, 0.05) is 18.8 Å². The molecule has 0 radical (unpaired) electrons. The Bertz CT molecular complexity index is 519. The van der Waals surface area contributed by atoms with Crippen LogP contribution in [-0.2, 0) is 0 Å². The monoisotopic (exact) mass is 284 g/mol. The van der Waals surface area contributed by atoms with Gasteiger partial charge in [-0.3, -0.25) is 0 Å². The molecular weight excluding hydrogens is 260 g/mol. The Morgan fingerprint density at radius 3 is 1.86 bits per heavy atom. The first kappa shape index (κ1) is 18.4. The maximum Gasteiger partial charge on any atom is 0.118 e. The topological polar surface area (TPSA) is 47.3 Å². The highest BCUT2D eigenvalue weighted by atomic mass is 16.5. The molecule has 3 heteroatoms. The van der Waals surface area contributed by atoms with Crippen molar-refractivity contribution in [2.45, 2.75) is 13.8 Å². The van der Waals surface area contributed by atoms with Gasteiger partial charge in [0.2, 0.25) is 0 Å². The summed E-state index contributed by atoms with van der Waals surface area (Å²) in [6.45, 7) is 3.78. The molecule has 0 heterocycles. The lowest BCUT2D eigenvalue weighted by molar-refractivity contribution is 0.415. The molecule has 0 aliphatic rings. The number of ether oxygens (including phenoxy) is 1. The molecule has 0 fully saturated rings. The molecule has 2 aromatic rings. The third kappa shape index (κ3) is 9.92. The second-order valence-corrected chi connectivity index (χ2v) is 4.03. The minimum Gasteiger partial charge on any atom is -0.497 e. The molecule has 0 saturated carbocycles. The summed E-state index contributed by atoms with van der Waals surface area (Å²) in [5, 5.41) is 3.05. The van der Waals surface area contributed by atoms with Gasteiger partial charge in [-0.15, -0.1) is 0 Å². The van der Waals surface area contributed by atoms with Gasteiger partial charge in [-0.05, 0) is 38.1 Å². The number of hydrogen-bond acceptors (Lipinski definition) is 3. The first-order valence-corrected chi connectivity index (χ1v) is 6.63. The van der Waals surface area contributed by atoms with E-state index in [0.29, 0.717) is 0 Å². The molecule has 0 aliphatic carbocycles. The van der Waals surface area contributed by atoms with Crippen LogP contribution in [0.1, 0.15) is 12.5 Å². The van der Waals surface area contributed by atoms with E-state index in [2.05, 4.69) is 54.2 Å². The lowest BCUT2D eigenvalue weighted by Gasteiger charge is -1.97. The van der Waals surface area contributed by atoms with Crippen LogP contribution in [0.4, 0.5) is 5.69 Å². The van der Waals surface area contributed by atoms with Crippen molar-refractivity contribution >= 4 is 5.69 Å². The van der Waals surface area contributed by atoms with Gasteiger partial charge in [-0.25, -0.2) is 0 Å². The Labute approximate surface area is 128 Å². The fourth-order valence-corrected chi connectivity index (χ4v) is 1.28. The van der Waals surface area contributed by atoms with Crippen molar-refractivity contribution in [3.05, 3.63) is 60.2 Å². The Kier molecular flexibility index (Phi) is 10.9. The number of benzene rings is 2. The highest BCUT2D eigenvalue weighted by molar-refractivity contribution is 5.43. The summed E-state index contributed by atoms with van der Waals surface area (Å²) < 4.78 is 4.91. The predicted molar refractivity (Wildman–Crippen MR) is 91.4 cm³/mol. The fraction of sp³-hybridized carbons (Fsp3) is 0.222. The predicted octanol–water partition coefficient (Wildman–Crippen LogP) is 3.66. The van der Waals surface area contributed by atoms with Gasteiger partial charge < -0.3 is 15.8 Å². The number of nitrogens with one attached hydrogen (secondary N) is 1. The Morgan fingerprint density at radius 2 is 1.52 bits per heavy atom. The Hall–Kier alpha value is -2.60. The minimum absolute atomic E-state index is 0.910. The second kappa shape index (κ2) is 12.4. The van der Waals surface area contributed by atoms with E-state index in [4.69, 9.17) is 4.74 Å². The van der Waals surface area contributed by atoms with Gasteiger partial charge in [0.1, 0.15) is 5.75 Å². The number of methoxy groups -OCH3 is 1. The van der Waals surface area contributed by atoms with Crippen LogP contribution in [-0.4, -0.2) is 14.2 Å². The first-order valence-electron chi connectivity index (χ1n) is 6.63. The molecule has 0 saturated heterocycles. The van der Waals surface area contributed by atoms with Gasteiger partial charge in [-0.1, -0.05) is 41.8 Å². The summed E-state index contributed by atoms with van der Waals surface area (Å²) >= 11 is 0. The molecule has 112 valence electrons. The van der Waals surface area contributed by atoms with Gasteiger partial charge in [-0.2, -0.15) is 0 Å². The van der Waals surface area contributed by atoms with Crippen LogP contribution in [0.5, 0.6) is 5.75 Å². The molecule has 21 heavy (non-hydrogen) atoms. The summed E-state index contributed by atoms with van der Waals surface area (Å²) in [4.78, 5) is 0. The van der Waals surface area contributed by atoms with E-state index in [1.165, 1.54) is 11.3 Å². The van der Waals surface area contributed by atoms with Crippen LogP contribution in [0.25, 0.3) is 0 Å². The van der Waals surface area contributed by atoms with Crippen LogP contribution in [0.3, 0.4) is 0 Å². The highest BCUT2D eigenvalue weighted by Crippen LogP contribution is 2.06. The summed E-state index contributed by atoms with van der Waals surface area (Å²) in [5.41, 5.74) is 7.13. The van der Waals surface area contributed by atoms with Gasteiger partial charge in [0.15, 0.2) is 0 Å². The van der Waals surface area contributed by atoms with E-state index in [1.54, 1.807) is 14.0 Å². The molecule has 0 spiro atoms. The zero-order chi connectivity index (χ0) is 15.9. The molecule has 2 aromatic carbocycles. The molecule has 0 bridgehead atoms. The number of nitrogens with two attached hydrogens (primary N) is 1. The molecule has 3 nitrogen and oxygen atoms in total. The Morgan fingerprint density at radius 1 is 1.00 bits per heavy atom. The number of aryl methyl sites for hydroxylation is 1. The number of rotatable bonds is 2. The fourth-order valence-electron chi connectivity index (χ4n) is 1.28. The normalized spacial score (nSPS) is 7.81. The molecule has 0 aromatic heterocycles. The first-order chi connectivity index (χ1) is 10.2. The van der Waals surface area contributed by atoms with Crippen molar-refractivity contribution in [1.82, 2.24) is 0 Å². The van der Waals surface area contributed by atoms with Crippen molar-refractivity contribution < 1.29 is 4.74 Å². The van der Waals surface area contributed by atoms with Crippen LogP contribution in [0.15, 0.2) is 54.6 Å². The second-order valence-electron chi connectivity index (χ2n) is 4.03. The minimum atomic E-state index is 0.910. The number of hydrogen-bond donors (Lipinski definition) is 2. The highest BCUT2D eigenvalue weighted by Gasteiger charge is 1.83. The summed E-state index contributed by atoms with van der Waals surface area (Å²) in [7, 11) is 3.58. The van der Waals surface area contributed by atoms with E-state index in [9.17, 15) is 0 Å². The van der Waals surface area contributed by atoms with E-state index in [0.717, 1.165) is 5.75 Å². The summed E-state index contributed by atoms with van der Waals surface area (Å²) in [6, 6.07) is 20.2. The van der Waals surface area contributed by atoms with E-state index in [1.807, 2.05) is 37.4 Å². The quantitative estimate of drug-likeness (QED) is 0.653. The molecule has 0 amide bonds. The average molecular weight is 284 g/mol. The van der Waals surface area contributed by atoms with Gasteiger partial charge in [0.25, 0.3) is 0 Å². The molecular formula is C18H24N2O. The zero-order valence-corrected chi connectivity index (χ0v) is 13.2. The third-order valence-corrected chi connectivity index (χ3v) is 2.46. The number of anilines is 1. The zero-order valence-electron chi connectivity index (χ0n) is 13.2. The smallest absolute Gasteiger partial charge is 0.118 e. The maximum absolute atomic E-state index is 4.91. The Balaban J connectivity index is 0.000000308. The van der Waals surface area contributed by atoms with Crippen molar-refractivity contribution in [3.63, 3.8) is 0 Å². The molecule has 0 aliphatic heterocycles. The summed E-state index contributed by atoms with van der Waals surface area (Å²) in [6.07, 6.45) is 0. The molecule has 2 rings (SSSR count). The van der Waals surface area contributed by atoms with Crippen molar-refractivity contribution in [2.24, 2.45) is 5.73 Å². The standard InChI is InChI=1S/C8H11N.C7H8O.C3H5N/c1-7-3-5-8(9-2)6-4-7;1-8-7-5-3-2-4-6-7;1-2-3-4/h3-6,9H,1-2H3;2-6H,1H3;4H2,1H3. The van der Waals surface area contributed by atoms with Crippen LogP contribution in [0, 0.1) is 18.9 Å². The van der Waals surface area contributed by atoms with Crippen LogP contribution in [0.2, 0.25) is 0 Å². The third-order valence-electron chi connectivity index (χ3n) is 2.46. The van der Waals surface area contributed by atoms with Gasteiger partial charge in [0.05, 0.1) is 7.11 Å².